The second kappa shape index (κ2) is 10.5. The van der Waals surface area contributed by atoms with Crippen LogP contribution in [0.5, 0.6) is 0 Å². The van der Waals surface area contributed by atoms with Gasteiger partial charge in [-0.05, 0) is 80.4 Å². The smallest absolute Gasteiger partial charge is 0.137 e. The third-order valence-corrected chi connectivity index (χ3v) is 7.84. The molecule has 6 heteroatoms. The Labute approximate surface area is 214 Å². The van der Waals surface area contributed by atoms with Gasteiger partial charge in [0.2, 0.25) is 0 Å². The molecule has 1 aromatic carbocycles. The topological polar surface area (TPSA) is 96.6 Å². The summed E-state index contributed by atoms with van der Waals surface area (Å²) < 4.78 is 6.15. The number of rotatable bonds is 8. The Hall–Kier alpha value is -3.09. The molecular weight excluding hydrogens is 450 g/mol. The lowest BCUT2D eigenvalue weighted by atomic mass is 9.72. The van der Waals surface area contributed by atoms with Crippen molar-refractivity contribution in [2.45, 2.75) is 52.2 Å². The number of carbonyl (C=O) groups excluding carboxylic acids is 1. The van der Waals surface area contributed by atoms with Crippen LogP contribution in [0.4, 0.5) is 5.69 Å². The van der Waals surface area contributed by atoms with E-state index >= 15 is 0 Å². The molecule has 3 aliphatic rings. The predicted molar refractivity (Wildman–Crippen MR) is 145 cm³/mol. The summed E-state index contributed by atoms with van der Waals surface area (Å²) in [7, 11) is 0. The Morgan fingerprint density at radius 2 is 2.03 bits per heavy atom. The highest BCUT2D eigenvalue weighted by molar-refractivity contribution is 5.81. The van der Waals surface area contributed by atoms with Gasteiger partial charge in [-0.15, -0.1) is 0 Å². The van der Waals surface area contributed by atoms with Crippen molar-refractivity contribution < 1.29 is 14.6 Å². The Bertz CT molecular complexity index is 1140. The quantitative estimate of drug-likeness (QED) is 0.322. The van der Waals surface area contributed by atoms with Gasteiger partial charge in [-0.1, -0.05) is 44.2 Å². The van der Waals surface area contributed by atoms with Crippen molar-refractivity contribution in [3.05, 3.63) is 88.9 Å². The number of benzene rings is 1. The molecule has 0 saturated heterocycles. The van der Waals surface area contributed by atoms with E-state index in [1.54, 1.807) is 6.92 Å². The minimum Gasteiger partial charge on any atom is -0.491 e. The second-order valence-corrected chi connectivity index (χ2v) is 10.8. The SMILES string of the molecule is CC(=O)C1C=CC2=C(C1)/C(=C/CCNCC(C)(C)[C@](C)(O)c1ccc(N)cc1)C1=CC=CNC1CO2. The van der Waals surface area contributed by atoms with Gasteiger partial charge < -0.3 is 26.2 Å². The molecule has 0 fully saturated rings. The van der Waals surface area contributed by atoms with Gasteiger partial charge in [-0.3, -0.25) is 4.79 Å². The summed E-state index contributed by atoms with van der Waals surface area (Å²) in [5.41, 5.74) is 9.41. The summed E-state index contributed by atoms with van der Waals surface area (Å²) in [6.45, 7) is 9.62. The molecule has 0 saturated carbocycles. The third kappa shape index (κ3) is 5.35. The lowest BCUT2D eigenvalue weighted by Crippen LogP contribution is -2.46. The van der Waals surface area contributed by atoms with Crippen molar-refractivity contribution in [2.75, 3.05) is 25.4 Å². The molecule has 0 spiro atoms. The number of nitrogen functional groups attached to an aromatic ring is 1. The number of anilines is 1. The number of Topliss-reactive ketones (excluding diaryl/α,β-unsaturated/α-hetero) is 1. The number of nitrogens with one attached hydrogen (secondary N) is 2. The molecule has 0 bridgehead atoms. The maximum absolute atomic E-state index is 12.1. The fourth-order valence-corrected chi connectivity index (χ4v) is 4.97. The number of dihydropyridines is 1. The Balaban J connectivity index is 1.46. The molecule has 2 unspecified atom stereocenters. The standard InChI is InChI=1S/C30H39N3O3/c1-20(34)21-9-14-28-26(17-21)24(25-8-6-16-33-27(25)18-36-28)7-5-15-32-19-29(2,3)30(4,35)22-10-12-23(31)13-11-22/h6-14,16,21,27,32-33,35H,5,15,17-19,31H2,1-4H3/b24-7+/t21?,27?,30-/m1/s1. The van der Waals surface area contributed by atoms with E-state index in [2.05, 4.69) is 36.6 Å². The number of carbonyl (C=O) groups is 1. The van der Waals surface area contributed by atoms with Crippen molar-refractivity contribution in [1.82, 2.24) is 10.6 Å². The maximum atomic E-state index is 12.1. The van der Waals surface area contributed by atoms with E-state index in [-0.39, 0.29) is 17.7 Å². The molecule has 0 amide bonds. The molecule has 6 nitrogen and oxygen atoms in total. The zero-order valence-corrected chi connectivity index (χ0v) is 21.8. The van der Waals surface area contributed by atoms with Crippen LogP contribution in [0, 0.1) is 11.3 Å². The molecule has 36 heavy (non-hydrogen) atoms. The van der Waals surface area contributed by atoms with E-state index in [4.69, 9.17) is 10.5 Å². The molecule has 5 N–H and O–H groups in total. The highest BCUT2D eigenvalue weighted by Gasteiger charge is 2.40. The average Bonchev–Trinajstić information content (AvgIpc) is 3.00. The summed E-state index contributed by atoms with van der Waals surface area (Å²) in [4.78, 5) is 12.1. The van der Waals surface area contributed by atoms with Crippen molar-refractivity contribution in [2.24, 2.45) is 11.3 Å². The summed E-state index contributed by atoms with van der Waals surface area (Å²) in [5.74, 6) is 0.921. The van der Waals surface area contributed by atoms with Gasteiger partial charge in [0.15, 0.2) is 0 Å². The zero-order chi connectivity index (χ0) is 25.9. The summed E-state index contributed by atoms with van der Waals surface area (Å²) in [6.07, 6.45) is 13.8. The van der Waals surface area contributed by atoms with Crippen LogP contribution >= 0.6 is 0 Å². The van der Waals surface area contributed by atoms with E-state index < -0.39 is 11.0 Å². The Kier molecular flexibility index (Phi) is 7.57. The number of hydrogen-bond donors (Lipinski definition) is 4. The molecule has 1 aromatic rings. The van der Waals surface area contributed by atoms with Crippen LogP contribution in [0.2, 0.25) is 0 Å². The van der Waals surface area contributed by atoms with E-state index in [1.807, 2.05) is 55.6 Å². The molecule has 1 aliphatic carbocycles. The minimum absolute atomic E-state index is 0.0814. The number of hydrogen-bond acceptors (Lipinski definition) is 6. The molecule has 3 atom stereocenters. The van der Waals surface area contributed by atoms with E-state index in [9.17, 15) is 9.90 Å². The molecule has 0 aromatic heterocycles. The fraction of sp³-hybridized carbons (Fsp3) is 0.433. The van der Waals surface area contributed by atoms with Crippen LogP contribution in [-0.2, 0) is 15.1 Å². The molecule has 192 valence electrons. The van der Waals surface area contributed by atoms with Gasteiger partial charge in [-0.25, -0.2) is 0 Å². The molecule has 4 rings (SSSR count). The van der Waals surface area contributed by atoms with Crippen LogP contribution in [0.1, 0.15) is 46.1 Å². The van der Waals surface area contributed by atoms with E-state index in [0.717, 1.165) is 35.4 Å². The van der Waals surface area contributed by atoms with Crippen molar-refractivity contribution in [1.29, 1.82) is 0 Å². The summed E-state index contributed by atoms with van der Waals surface area (Å²) in [5, 5.41) is 18.3. The van der Waals surface area contributed by atoms with Crippen LogP contribution in [-0.4, -0.2) is 36.6 Å². The summed E-state index contributed by atoms with van der Waals surface area (Å²) in [6, 6.07) is 7.52. The lowest BCUT2D eigenvalue weighted by Gasteiger charge is -2.41. The van der Waals surface area contributed by atoms with Crippen molar-refractivity contribution in [3.63, 3.8) is 0 Å². The number of aliphatic hydroxyl groups is 1. The van der Waals surface area contributed by atoms with Gasteiger partial charge in [0, 0.05) is 29.1 Å². The Morgan fingerprint density at radius 3 is 2.75 bits per heavy atom. The van der Waals surface area contributed by atoms with Gasteiger partial charge in [0.1, 0.15) is 18.1 Å². The zero-order valence-electron chi connectivity index (χ0n) is 21.8. The van der Waals surface area contributed by atoms with Gasteiger partial charge in [-0.2, -0.15) is 0 Å². The molecular formula is C30H39N3O3. The predicted octanol–water partition coefficient (Wildman–Crippen LogP) is 4.27. The number of ether oxygens (including phenoxy) is 1. The lowest BCUT2D eigenvalue weighted by molar-refractivity contribution is -0.119. The number of ketones is 1. The average molecular weight is 490 g/mol. The normalized spacial score (nSPS) is 24.1. The third-order valence-electron chi connectivity index (χ3n) is 7.84. The highest BCUT2D eigenvalue weighted by Crippen LogP contribution is 2.40. The first kappa shape index (κ1) is 26.0. The number of nitrogens with two attached hydrogens (primary N) is 1. The first-order valence-electron chi connectivity index (χ1n) is 12.8. The second-order valence-electron chi connectivity index (χ2n) is 10.8. The van der Waals surface area contributed by atoms with E-state index in [1.165, 1.54) is 5.57 Å². The minimum atomic E-state index is -1.02. The Morgan fingerprint density at radius 1 is 1.28 bits per heavy atom. The monoisotopic (exact) mass is 489 g/mol. The van der Waals surface area contributed by atoms with Gasteiger partial charge in [0.05, 0.1) is 11.6 Å². The fourth-order valence-electron chi connectivity index (χ4n) is 4.97. The highest BCUT2D eigenvalue weighted by atomic mass is 16.5. The van der Waals surface area contributed by atoms with Crippen molar-refractivity contribution >= 4 is 11.5 Å². The molecule has 2 aliphatic heterocycles. The largest absolute Gasteiger partial charge is 0.491 e. The number of fused-ring (bicyclic) bond motifs is 1. The first-order chi connectivity index (χ1) is 17.1. The van der Waals surface area contributed by atoms with E-state index in [0.29, 0.717) is 25.3 Å². The summed E-state index contributed by atoms with van der Waals surface area (Å²) >= 11 is 0. The first-order valence-corrected chi connectivity index (χ1v) is 12.8. The van der Waals surface area contributed by atoms with Crippen LogP contribution < -0.4 is 16.4 Å². The van der Waals surface area contributed by atoms with Crippen LogP contribution in [0.15, 0.2) is 83.3 Å². The maximum Gasteiger partial charge on any atom is 0.137 e. The van der Waals surface area contributed by atoms with Crippen molar-refractivity contribution in [3.8, 4) is 0 Å². The van der Waals surface area contributed by atoms with Crippen LogP contribution in [0.3, 0.4) is 0 Å². The van der Waals surface area contributed by atoms with Crippen LogP contribution in [0.25, 0.3) is 0 Å². The van der Waals surface area contributed by atoms with Gasteiger partial charge in [0.25, 0.3) is 0 Å². The molecule has 0 radical (unpaired) electrons. The van der Waals surface area contributed by atoms with Gasteiger partial charge >= 0.3 is 0 Å². The molecule has 2 heterocycles. The number of allylic oxidation sites excluding steroid dienone is 5.